The molecule has 9 heteroatoms. The van der Waals surface area contributed by atoms with Gasteiger partial charge >= 0.3 is 0 Å². The van der Waals surface area contributed by atoms with Crippen molar-refractivity contribution in [2.45, 2.75) is 25.7 Å². The predicted octanol–water partition coefficient (Wildman–Crippen LogP) is 2.15. The molecule has 0 bridgehead atoms. The molecule has 1 heterocycles. The third kappa shape index (κ3) is 4.85. The number of rotatable bonds is 6. The summed E-state index contributed by atoms with van der Waals surface area (Å²) in [4.78, 5) is 24.7. The summed E-state index contributed by atoms with van der Waals surface area (Å²) in [6.45, 7) is 1.74. The van der Waals surface area contributed by atoms with Crippen molar-refractivity contribution in [1.29, 1.82) is 0 Å². The highest BCUT2D eigenvalue weighted by Crippen LogP contribution is 2.32. The molecule has 1 saturated heterocycles. The van der Waals surface area contributed by atoms with Crippen LogP contribution >= 0.6 is 0 Å². The van der Waals surface area contributed by atoms with Gasteiger partial charge in [-0.3, -0.25) is 14.9 Å². The lowest BCUT2D eigenvalue weighted by Crippen LogP contribution is -2.41. The normalized spacial score (nSPS) is 15.9. The van der Waals surface area contributed by atoms with E-state index in [1.54, 1.807) is 0 Å². The maximum Gasteiger partial charge on any atom is 0.293 e. The Morgan fingerprint density at radius 2 is 2.08 bits per heavy atom. The monoisotopic (exact) mass is 356 g/mol. The van der Waals surface area contributed by atoms with Crippen molar-refractivity contribution in [2.24, 2.45) is 11.7 Å². The Bertz CT molecular complexity index is 646. The Balaban J connectivity index is 2.18. The van der Waals surface area contributed by atoms with Gasteiger partial charge in [-0.15, -0.1) is 0 Å². The van der Waals surface area contributed by atoms with Crippen LogP contribution in [-0.4, -0.2) is 42.9 Å². The Kier molecular flexibility index (Phi) is 5.89. The average Bonchev–Trinajstić information content (AvgIpc) is 2.60. The zero-order valence-electron chi connectivity index (χ0n) is 14.0. The van der Waals surface area contributed by atoms with Gasteiger partial charge in [-0.25, -0.2) is 8.78 Å². The van der Waals surface area contributed by atoms with Crippen molar-refractivity contribution in [1.82, 2.24) is 5.32 Å². The van der Waals surface area contributed by atoms with Crippen LogP contribution in [0, 0.1) is 16.0 Å². The summed E-state index contributed by atoms with van der Waals surface area (Å²) in [6.07, 6.45) is 1.88. The number of nitrogens with zero attached hydrogens (tertiary/aromatic N) is 2. The number of anilines is 1. The van der Waals surface area contributed by atoms with Crippen LogP contribution in [0.4, 0.5) is 20.2 Å². The number of benzene rings is 1. The van der Waals surface area contributed by atoms with Gasteiger partial charge in [0.15, 0.2) is 0 Å². The molecule has 138 valence electrons. The van der Waals surface area contributed by atoms with Crippen LogP contribution in [0.2, 0.25) is 0 Å². The lowest BCUT2D eigenvalue weighted by Gasteiger charge is -2.31. The van der Waals surface area contributed by atoms with Gasteiger partial charge < -0.3 is 16.0 Å². The zero-order chi connectivity index (χ0) is 18.6. The largest absolute Gasteiger partial charge is 0.366 e. The minimum Gasteiger partial charge on any atom is -0.366 e. The lowest BCUT2D eigenvalue weighted by atomic mass is 9.98. The van der Waals surface area contributed by atoms with Gasteiger partial charge in [0.05, 0.1) is 18.0 Å². The molecule has 1 amide bonds. The Hall–Kier alpha value is -2.29. The van der Waals surface area contributed by atoms with Crippen molar-refractivity contribution in [3.63, 3.8) is 0 Å². The van der Waals surface area contributed by atoms with Crippen molar-refractivity contribution < 1.29 is 18.5 Å². The van der Waals surface area contributed by atoms with E-state index in [0.29, 0.717) is 24.7 Å². The van der Waals surface area contributed by atoms with E-state index in [9.17, 15) is 23.7 Å². The molecule has 25 heavy (non-hydrogen) atoms. The van der Waals surface area contributed by atoms with Gasteiger partial charge in [0, 0.05) is 24.7 Å². The Morgan fingerprint density at radius 3 is 2.64 bits per heavy atom. The smallest absolute Gasteiger partial charge is 0.293 e. The highest BCUT2D eigenvalue weighted by atomic mass is 19.3. The van der Waals surface area contributed by atoms with E-state index in [0.717, 1.165) is 18.9 Å². The van der Waals surface area contributed by atoms with Gasteiger partial charge in [-0.1, -0.05) is 6.92 Å². The molecule has 2 rings (SSSR count). The second-order valence-corrected chi connectivity index (χ2v) is 6.37. The first kappa shape index (κ1) is 19.0. The summed E-state index contributed by atoms with van der Waals surface area (Å²) in [5.41, 5.74) is 5.12. The number of carbonyl (C=O) groups is 1. The zero-order valence-corrected chi connectivity index (χ0v) is 14.0. The van der Waals surface area contributed by atoms with Gasteiger partial charge in [0.1, 0.15) is 5.69 Å². The number of nitro benzene ring substituents is 1. The number of halogens is 2. The van der Waals surface area contributed by atoms with Crippen LogP contribution in [-0.2, 0) is 0 Å². The summed E-state index contributed by atoms with van der Waals surface area (Å²) in [5, 5.41) is 13.4. The number of piperidine rings is 1. The fourth-order valence-electron chi connectivity index (χ4n) is 2.71. The van der Waals surface area contributed by atoms with E-state index in [4.69, 9.17) is 5.73 Å². The molecule has 0 radical (unpaired) electrons. The molecular weight excluding hydrogens is 334 g/mol. The van der Waals surface area contributed by atoms with E-state index in [1.165, 1.54) is 12.1 Å². The minimum atomic E-state index is -3.22. The quantitative estimate of drug-likeness (QED) is 0.601. The third-order valence-electron chi connectivity index (χ3n) is 4.36. The lowest BCUT2D eigenvalue weighted by molar-refractivity contribution is -0.384. The van der Waals surface area contributed by atoms with Crippen molar-refractivity contribution in [3.05, 3.63) is 33.9 Å². The molecule has 1 aromatic carbocycles. The van der Waals surface area contributed by atoms with E-state index in [1.807, 2.05) is 4.90 Å². The van der Waals surface area contributed by atoms with Crippen molar-refractivity contribution in [2.75, 3.05) is 31.1 Å². The number of carbonyl (C=O) groups excluding carboxylic acids is 1. The molecule has 3 N–H and O–H groups in total. The minimum absolute atomic E-state index is 0.0337. The molecule has 0 aliphatic carbocycles. The Morgan fingerprint density at radius 1 is 1.44 bits per heavy atom. The molecule has 0 unspecified atom stereocenters. The van der Waals surface area contributed by atoms with E-state index < -0.39 is 29.8 Å². The number of amides is 1. The first-order chi connectivity index (χ1) is 11.7. The van der Waals surface area contributed by atoms with Crippen LogP contribution < -0.4 is 16.0 Å². The summed E-state index contributed by atoms with van der Waals surface area (Å²) >= 11 is 0. The second-order valence-electron chi connectivity index (χ2n) is 6.37. The number of nitrogens with one attached hydrogen (secondary N) is 1. The van der Waals surface area contributed by atoms with Crippen molar-refractivity contribution in [3.8, 4) is 0 Å². The fraction of sp³-hybridized carbons (Fsp3) is 0.562. The average molecular weight is 356 g/mol. The van der Waals surface area contributed by atoms with Gasteiger partial charge in [-0.05, 0) is 30.9 Å². The summed E-state index contributed by atoms with van der Waals surface area (Å²) in [5.74, 6) is -3.44. The van der Waals surface area contributed by atoms with Crippen molar-refractivity contribution >= 4 is 17.3 Å². The number of nitro groups is 1. The van der Waals surface area contributed by atoms with Crippen LogP contribution in [0.3, 0.4) is 0 Å². The number of nitrogens with two attached hydrogens (primary N) is 1. The maximum absolute atomic E-state index is 13.1. The SMILES string of the molecule is CC1CCN(c2ccc(C(=O)NCC(F)(F)CN)cc2[N+](=O)[O-])CC1. The number of hydrogen-bond donors (Lipinski definition) is 2. The first-order valence-corrected chi connectivity index (χ1v) is 8.13. The van der Waals surface area contributed by atoms with Crippen LogP contribution in [0.25, 0.3) is 0 Å². The van der Waals surface area contributed by atoms with Crippen LogP contribution in [0.1, 0.15) is 30.1 Å². The van der Waals surface area contributed by atoms with Crippen LogP contribution in [0.15, 0.2) is 18.2 Å². The summed E-state index contributed by atoms with van der Waals surface area (Å²) in [7, 11) is 0. The maximum atomic E-state index is 13.1. The molecule has 0 saturated carbocycles. The van der Waals surface area contributed by atoms with Gasteiger partial charge in [0.2, 0.25) is 0 Å². The highest BCUT2D eigenvalue weighted by molar-refractivity contribution is 5.95. The standard InChI is InChI=1S/C16H22F2N4O3/c1-11-4-6-21(7-5-11)13-3-2-12(8-14(13)22(24)25)15(23)20-10-16(17,18)9-19/h2-3,8,11H,4-7,9-10,19H2,1H3,(H,20,23). The van der Waals surface area contributed by atoms with Gasteiger partial charge in [0.25, 0.3) is 17.5 Å². The molecule has 1 aromatic rings. The molecular formula is C16H22F2N4O3. The fourth-order valence-corrected chi connectivity index (χ4v) is 2.71. The summed E-state index contributed by atoms with van der Waals surface area (Å²) < 4.78 is 26.2. The molecule has 1 aliphatic heterocycles. The molecule has 1 aliphatic rings. The molecule has 0 aromatic heterocycles. The first-order valence-electron chi connectivity index (χ1n) is 8.13. The molecule has 0 spiro atoms. The van der Waals surface area contributed by atoms with Gasteiger partial charge in [-0.2, -0.15) is 0 Å². The molecule has 0 atom stereocenters. The van der Waals surface area contributed by atoms with E-state index in [2.05, 4.69) is 12.2 Å². The van der Waals surface area contributed by atoms with E-state index >= 15 is 0 Å². The highest BCUT2D eigenvalue weighted by Gasteiger charge is 2.28. The summed E-state index contributed by atoms with van der Waals surface area (Å²) in [6, 6.07) is 4.05. The Labute approximate surface area is 144 Å². The third-order valence-corrected chi connectivity index (χ3v) is 4.36. The number of alkyl halides is 2. The molecule has 7 nitrogen and oxygen atoms in total. The molecule has 1 fully saturated rings. The van der Waals surface area contributed by atoms with E-state index in [-0.39, 0.29) is 11.3 Å². The topological polar surface area (TPSA) is 102 Å². The van der Waals surface area contributed by atoms with Crippen LogP contribution in [0.5, 0.6) is 0 Å². The number of hydrogen-bond acceptors (Lipinski definition) is 5. The predicted molar refractivity (Wildman–Crippen MR) is 90.0 cm³/mol. The second kappa shape index (κ2) is 7.73.